The monoisotopic (exact) mass is 269 g/mol. The molecule has 0 spiro atoms. The zero-order chi connectivity index (χ0) is 10.9. The molecule has 0 saturated carbocycles. The van der Waals surface area contributed by atoms with Gasteiger partial charge in [-0.1, -0.05) is 0 Å². The Kier molecular flexibility index (Phi) is 3.10. The summed E-state index contributed by atoms with van der Waals surface area (Å²) in [5, 5.41) is 8.49. The molecule has 1 N–H and O–H groups in total. The van der Waals surface area contributed by atoms with Gasteiger partial charge < -0.3 is 5.11 Å². The number of nitrogens with zero attached hydrogens (tertiary/aromatic N) is 1. The molecule has 0 aliphatic rings. The number of rotatable bonds is 2. The van der Waals surface area contributed by atoms with E-state index in [1.165, 1.54) is 0 Å². The van der Waals surface area contributed by atoms with Crippen LogP contribution in [0.1, 0.15) is 22.5 Å². The van der Waals surface area contributed by atoms with Crippen LogP contribution >= 0.6 is 15.9 Å². The van der Waals surface area contributed by atoms with Gasteiger partial charge in [0.05, 0.1) is 4.47 Å². The SMILES string of the molecule is O=C(O)c1nc(F)cc(C(F)F)c1Br. The largest absolute Gasteiger partial charge is 0.476 e. The summed E-state index contributed by atoms with van der Waals surface area (Å²) in [6, 6.07) is 0.487. The third-order valence-electron chi connectivity index (χ3n) is 1.39. The zero-order valence-corrected chi connectivity index (χ0v) is 8.06. The molecule has 0 atom stereocenters. The molecular formula is C7H3BrF3NO2. The average Bonchev–Trinajstić information content (AvgIpc) is 2.07. The first-order chi connectivity index (χ1) is 6.43. The Morgan fingerprint density at radius 2 is 2.14 bits per heavy atom. The molecule has 1 heterocycles. The van der Waals surface area contributed by atoms with Crippen LogP contribution in [0.3, 0.4) is 0 Å². The molecule has 7 heteroatoms. The fraction of sp³-hybridized carbons (Fsp3) is 0.143. The number of hydrogen-bond acceptors (Lipinski definition) is 2. The van der Waals surface area contributed by atoms with E-state index in [0.29, 0.717) is 6.07 Å². The number of pyridine rings is 1. The maximum Gasteiger partial charge on any atom is 0.355 e. The highest BCUT2D eigenvalue weighted by molar-refractivity contribution is 9.10. The summed E-state index contributed by atoms with van der Waals surface area (Å²) < 4.78 is 36.7. The fourth-order valence-electron chi connectivity index (χ4n) is 0.817. The van der Waals surface area contributed by atoms with E-state index < -0.39 is 34.1 Å². The van der Waals surface area contributed by atoms with E-state index in [2.05, 4.69) is 20.9 Å². The first kappa shape index (κ1) is 11.0. The van der Waals surface area contributed by atoms with Crippen molar-refractivity contribution < 1.29 is 23.1 Å². The van der Waals surface area contributed by atoms with Gasteiger partial charge in [0.25, 0.3) is 6.43 Å². The molecule has 0 aliphatic carbocycles. The number of carbonyl (C=O) groups is 1. The van der Waals surface area contributed by atoms with Crippen LogP contribution in [0.25, 0.3) is 0 Å². The second kappa shape index (κ2) is 3.95. The van der Waals surface area contributed by atoms with Gasteiger partial charge in [-0.3, -0.25) is 0 Å². The number of halogens is 4. The van der Waals surface area contributed by atoms with Crippen LogP contribution in [-0.4, -0.2) is 16.1 Å². The second-order valence-electron chi connectivity index (χ2n) is 2.30. The molecule has 0 amide bonds. The molecule has 0 fully saturated rings. The van der Waals surface area contributed by atoms with Gasteiger partial charge in [0.1, 0.15) is 0 Å². The Morgan fingerprint density at radius 3 is 2.57 bits per heavy atom. The lowest BCUT2D eigenvalue weighted by Crippen LogP contribution is -2.06. The van der Waals surface area contributed by atoms with Crippen molar-refractivity contribution in [3.05, 3.63) is 27.7 Å². The highest BCUT2D eigenvalue weighted by atomic mass is 79.9. The number of alkyl halides is 2. The first-order valence-electron chi connectivity index (χ1n) is 3.31. The predicted molar refractivity (Wildman–Crippen MR) is 43.8 cm³/mol. The number of hydrogen-bond donors (Lipinski definition) is 1. The van der Waals surface area contributed by atoms with Crippen molar-refractivity contribution >= 4 is 21.9 Å². The van der Waals surface area contributed by atoms with Gasteiger partial charge in [0.2, 0.25) is 5.95 Å². The molecule has 0 bridgehead atoms. The summed E-state index contributed by atoms with van der Waals surface area (Å²) in [6.07, 6.45) is -2.96. The van der Waals surface area contributed by atoms with Crippen molar-refractivity contribution in [3.63, 3.8) is 0 Å². The van der Waals surface area contributed by atoms with E-state index in [0.717, 1.165) is 0 Å². The molecule has 76 valence electrons. The van der Waals surface area contributed by atoms with E-state index in [1.54, 1.807) is 0 Å². The Hall–Kier alpha value is -1.11. The van der Waals surface area contributed by atoms with Crippen LogP contribution in [0.2, 0.25) is 0 Å². The summed E-state index contributed by atoms with van der Waals surface area (Å²) in [4.78, 5) is 13.4. The molecule has 3 nitrogen and oxygen atoms in total. The minimum absolute atomic E-state index is 0.401. The molecule has 14 heavy (non-hydrogen) atoms. The van der Waals surface area contributed by atoms with Crippen LogP contribution in [0.4, 0.5) is 13.2 Å². The second-order valence-corrected chi connectivity index (χ2v) is 3.10. The molecule has 1 aromatic rings. The lowest BCUT2D eigenvalue weighted by Gasteiger charge is -2.05. The van der Waals surface area contributed by atoms with Crippen molar-refractivity contribution in [2.24, 2.45) is 0 Å². The number of aromatic nitrogens is 1. The van der Waals surface area contributed by atoms with Gasteiger partial charge >= 0.3 is 5.97 Å². The van der Waals surface area contributed by atoms with Crippen molar-refractivity contribution in [1.82, 2.24) is 4.98 Å². The summed E-state index contributed by atoms with van der Waals surface area (Å²) in [5.41, 5.74) is -1.49. The quantitative estimate of drug-likeness (QED) is 0.840. The van der Waals surface area contributed by atoms with E-state index in [9.17, 15) is 18.0 Å². The highest BCUT2D eigenvalue weighted by Gasteiger charge is 2.21. The summed E-state index contributed by atoms with van der Waals surface area (Å²) >= 11 is 2.63. The smallest absolute Gasteiger partial charge is 0.355 e. The molecular weight excluding hydrogens is 267 g/mol. The standard InChI is InChI=1S/C7H3BrF3NO2/c8-4-2(6(10)11)1-3(9)12-5(4)7(13)14/h1,6H,(H,13,14). The Labute approximate surface area is 84.7 Å². The van der Waals surface area contributed by atoms with Crippen LogP contribution in [0, 0.1) is 5.95 Å². The number of aromatic carboxylic acids is 1. The summed E-state index contributed by atoms with van der Waals surface area (Å²) in [5.74, 6) is -2.82. The van der Waals surface area contributed by atoms with E-state index >= 15 is 0 Å². The maximum atomic E-state index is 12.6. The maximum absolute atomic E-state index is 12.6. The molecule has 0 aromatic carbocycles. The van der Waals surface area contributed by atoms with Gasteiger partial charge in [0, 0.05) is 11.6 Å². The number of carboxylic acids is 1. The lowest BCUT2D eigenvalue weighted by molar-refractivity contribution is 0.0687. The van der Waals surface area contributed by atoms with Gasteiger partial charge in [-0.2, -0.15) is 4.39 Å². The van der Waals surface area contributed by atoms with Gasteiger partial charge in [-0.15, -0.1) is 0 Å². The fourth-order valence-corrected chi connectivity index (χ4v) is 1.36. The molecule has 0 radical (unpaired) electrons. The average molecular weight is 270 g/mol. The molecule has 0 saturated heterocycles. The van der Waals surface area contributed by atoms with Crippen LogP contribution in [0.15, 0.2) is 10.5 Å². The minimum Gasteiger partial charge on any atom is -0.476 e. The van der Waals surface area contributed by atoms with E-state index in [4.69, 9.17) is 5.11 Å². The molecule has 1 aromatic heterocycles. The normalized spacial score (nSPS) is 10.6. The van der Waals surface area contributed by atoms with Crippen molar-refractivity contribution in [1.29, 1.82) is 0 Å². The van der Waals surface area contributed by atoms with E-state index in [-0.39, 0.29) is 0 Å². The summed E-state index contributed by atoms with van der Waals surface area (Å²) in [6.45, 7) is 0. The van der Waals surface area contributed by atoms with Crippen LogP contribution < -0.4 is 0 Å². The van der Waals surface area contributed by atoms with Crippen LogP contribution in [0.5, 0.6) is 0 Å². The Balaban J connectivity index is 3.40. The lowest BCUT2D eigenvalue weighted by atomic mass is 10.2. The predicted octanol–water partition coefficient (Wildman–Crippen LogP) is 2.62. The van der Waals surface area contributed by atoms with Gasteiger partial charge in [-0.25, -0.2) is 18.6 Å². The van der Waals surface area contributed by atoms with Crippen LogP contribution in [-0.2, 0) is 0 Å². The topological polar surface area (TPSA) is 50.2 Å². The van der Waals surface area contributed by atoms with Gasteiger partial charge in [-0.05, 0) is 15.9 Å². The molecule has 0 unspecified atom stereocenters. The zero-order valence-electron chi connectivity index (χ0n) is 6.47. The van der Waals surface area contributed by atoms with Crippen molar-refractivity contribution in [2.45, 2.75) is 6.43 Å². The van der Waals surface area contributed by atoms with E-state index in [1.807, 2.05) is 0 Å². The van der Waals surface area contributed by atoms with Gasteiger partial charge in [0.15, 0.2) is 5.69 Å². The first-order valence-corrected chi connectivity index (χ1v) is 4.10. The third kappa shape index (κ3) is 2.03. The Bertz CT molecular complexity index is 383. The highest BCUT2D eigenvalue weighted by Crippen LogP contribution is 2.29. The summed E-state index contributed by atoms with van der Waals surface area (Å²) in [7, 11) is 0. The minimum atomic E-state index is -2.96. The van der Waals surface area contributed by atoms with Crippen molar-refractivity contribution in [3.8, 4) is 0 Å². The molecule has 0 aliphatic heterocycles. The molecule has 1 rings (SSSR count). The third-order valence-corrected chi connectivity index (χ3v) is 2.23. The number of carboxylic acid groups (broad SMARTS) is 1. The Morgan fingerprint density at radius 1 is 1.57 bits per heavy atom. The van der Waals surface area contributed by atoms with Crippen molar-refractivity contribution in [2.75, 3.05) is 0 Å².